The molecule has 0 radical (unpaired) electrons. The zero-order valence-corrected chi connectivity index (χ0v) is 12.9. The van der Waals surface area contributed by atoms with Gasteiger partial charge in [0.05, 0.1) is 7.47 Å². The van der Waals surface area contributed by atoms with Crippen molar-refractivity contribution in [3.05, 3.63) is 11.6 Å². The van der Waals surface area contributed by atoms with Crippen LogP contribution < -0.4 is 0 Å². The van der Waals surface area contributed by atoms with E-state index in [-0.39, 0.29) is 31.3 Å². The molecule has 4 rings (SSSR count). The van der Waals surface area contributed by atoms with Crippen molar-refractivity contribution < 1.29 is 24.3 Å². The van der Waals surface area contributed by atoms with Crippen LogP contribution in [0, 0.1) is 28.6 Å². The van der Waals surface area contributed by atoms with Gasteiger partial charge in [0.2, 0.25) is 0 Å². The predicted molar refractivity (Wildman–Crippen MR) is 83.1 cm³/mol. The Labute approximate surface area is 142 Å². The molecular weight excluding hydrogens is 276 g/mol. The molecule has 3 nitrogen and oxygen atoms in total. The van der Waals surface area contributed by atoms with E-state index in [0.29, 0.717) is 0 Å². The fourth-order valence-electron chi connectivity index (χ4n) is 5.33. The lowest BCUT2D eigenvalue weighted by Crippen LogP contribution is -2.56. The molecule has 4 aliphatic rings. The molecular formula is C19H26O3. The van der Waals surface area contributed by atoms with Crippen molar-refractivity contribution in [2.45, 2.75) is 64.8 Å². The first-order valence-electron chi connectivity index (χ1n) is 11.5. The molecule has 0 heterocycles. The average molecular weight is 309 g/mol. The molecule has 0 aromatic heterocycles. The molecule has 6 atom stereocenters. The highest BCUT2D eigenvalue weighted by atomic mass is 16.3. The molecule has 0 aromatic carbocycles. The second-order valence-corrected chi connectivity index (χ2v) is 7.68. The lowest BCUT2D eigenvalue weighted by Gasteiger charge is -2.58. The molecule has 0 saturated heterocycles. The zero-order valence-electron chi connectivity index (χ0n) is 19.9. The number of aliphatic hydroxyl groups is 1. The van der Waals surface area contributed by atoms with Crippen LogP contribution in [0.15, 0.2) is 11.6 Å². The average Bonchev–Trinajstić information content (AvgIpc) is 2.71. The summed E-state index contributed by atoms with van der Waals surface area (Å²) in [6.07, 6.45) is -8.03. The Morgan fingerprint density at radius 2 is 2.00 bits per heavy atom. The Kier molecular flexibility index (Phi) is 1.81. The number of Topliss-reactive ketones (excluding diaryl/α,β-unsaturated/α-hetero) is 1. The molecule has 0 amide bonds. The van der Waals surface area contributed by atoms with Crippen molar-refractivity contribution in [3.8, 4) is 0 Å². The van der Waals surface area contributed by atoms with Gasteiger partial charge in [-0.3, -0.25) is 9.59 Å². The minimum atomic E-state index is -2.34. The van der Waals surface area contributed by atoms with Crippen molar-refractivity contribution in [3.63, 3.8) is 0 Å². The molecule has 0 spiro atoms. The SMILES string of the molecule is [2H]C1=C2C([2H])([2H])C[C@@H]3[C@H]([C@@H](O)C[C@]4(C)C(=O)C([2H])([2H])C[C@@H]34)[C@@]2(C)CC([2H])([2H])C1=O. The summed E-state index contributed by atoms with van der Waals surface area (Å²) < 4.78 is 58.1. The molecule has 120 valence electrons. The van der Waals surface area contributed by atoms with Gasteiger partial charge in [-0.05, 0) is 61.3 Å². The third-order valence-electron chi connectivity index (χ3n) is 6.52. The summed E-state index contributed by atoms with van der Waals surface area (Å²) >= 11 is 0. The van der Waals surface area contributed by atoms with Gasteiger partial charge in [-0.15, -0.1) is 0 Å². The summed E-state index contributed by atoms with van der Waals surface area (Å²) in [5, 5.41) is 11.1. The van der Waals surface area contributed by atoms with Crippen molar-refractivity contribution in [2.24, 2.45) is 28.6 Å². The summed E-state index contributed by atoms with van der Waals surface area (Å²) in [7, 11) is 0. The van der Waals surface area contributed by atoms with E-state index in [1.807, 2.05) is 0 Å². The van der Waals surface area contributed by atoms with Gasteiger partial charge >= 0.3 is 0 Å². The summed E-state index contributed by atoms with van der Waals surface area (Å²) in [6, 6.07) is -0.648. The number of carbonyl (C=O) groups excluding carboxylic acids is 2. The maximum atomic E-state index is 12.8. The van der Waals surface area contributed by atoms with Gasteiger partial charge in [0.15, 0.2) is 5.78 Å². The van der Waals surface area contributed by atoms with Crippen molar-refractivity contribution in [1.29, 1.82) is 0 Å². The number of rotatable bonds is 0. The third kappa shape index (κ3) is 1.72. The first-order valence-corrected chi connectivity index (χ1v) is 7.99. The van der Waals surface area contributed by atoms with Crippen molar-refractivity contribution >= 4 is 11.6 Å². The Balaban J connectivity index is 1.91. The highest BCUT2D eigenvalue weighted by molar-refractivity contribution is 5.91. The minimum absolute atomic E-state index is 0.0212. The van der Waals surface area contributed by atoms with Crippen LogP contribution in [0.3, 0.4) is 0 Å². The fourth-order valence-corrected chi connectivity index (χ4v) is 5.33. The lowest BCUT2D eigenvalue weighted by atomic mass is 9.46. The number of ketones is 2. The molecule has 0 aliphatic heterocycles. The highest BCUT2D eigenvalue weighted by Crippen LogP contribution is 2.64. The van der Waals surface area contributed by atoms with Crippen molar-refractivity contribution in [1.82, 2.24) is 0 Å². The van der Waals surface area contributed by atoms with E-state index in [9.17, 15) is 14.7 Å². The quantitative estimate of drug-likeness (QED) is 0.748. The Morgan fingerprint density at radius 3 is 2.77 bits per heavy atom. The first kappa shape index (κ1) is 8.77. The standard InChI is InChI=1S/C19H26O3/c1-18-8-7-12(20)9-11(18)3-4-13-14-5-6-16(22)19(14,2)10-15(21)17(13)18/h9,13-15,17,21H,3-8,10H2,1-2H3/t13-,14-,15-,17+,18-,19-/m0/s1/i3D2,6D2,7D2,9D. The third-order valence-corrected chi connectivity index (χ3v) is 6.52. The molecule has 1 N–H and O–H groups in total. The predicted octanol–water partition coefficient (Wildman–Crippen LogP) is 3.06. The number of hydrogen-bond donors (Lipinski definition) is 1. The largest absolute Gasteiger partial charge is 0.393 e. The van der Waals surface area contributed by atoms with Crippen LogP contribution in [0.5, 0.6) is 0 Å². The smallest absolute Gasteiger partial charge is 0.155 e. The molecule has 3 fully saturated rings. The summed E-state index contributed by atoms with van der Waals surface area (Å²) in [5.74, 6) is -3.27. The van der Waals surface area contributed by atoms with Crippen LogP contribution in [0.4, 0.5) is 0 Å². The first-order chi connectivity index (χ1) is 13.0. The van der Waals surface area contributed by atoms with Crippen LogP contribution in [0.25, 0.3) is 0 Å². The number of allylic oxidation sites excluding steroid dienone is 1. The van der Waals surface area contributed by atoms with Gasteiger partial charge in [-0.25, -0.2) is 0 Å². The molecule has 4 aliphatic carbocycles. The Hall–Kier alpha value is -0.960. The fraction of sp³-hybridized carbons (Fsp3) is 0.789. The molecule has 22 heavy (non-hydrogen) atoms. The summed E-state index contributed by atoms with van der Waals surface area (Å²) in [6.45, 7) is 3.26. The van der Waals surface area contributed by atoms with Crippen LogP contribution >= 0.6 is 0 Å². The number of aliphatic hydroxyl groups excluding tert-OH is 1. The van der Waals surface area contributed by atoms with Crippen LogP contribution in [-0.2, 0) is 9.59 Å². The van der Waals surface area contributed by atoms with E-state index in [1.54, 1.807) is 13.8 Å². The van der Waals surface area contributed by atoms with Crippen molar-refractivity contribution in [2.75, 3.05) is 0 Å². The number of carbonyl (C=O) groups is 2. The second kappa shape index (κ2) is 4.53. The van der Waals surface area contributed by atoms with E-state index in [4.69, 9.17) is 9.60 Å². The van der Waals surface area contributed by atoms with E-state index in [2.05, 4.69) is 0 Å². The minimum Gasteiger partial charge on any atom is -0.393 e. The molecule has 3 heteroatoms. The summed E-state index contributed by atoms with van der Waals surface area (Å²) in [5.41, 5.74) is -2.42. The van der Waals surface area contributed by atoms with E-state index in [0.717, 1.165) is 0 Å². The van der Waals surface area contributed by atoms with Crippen LogP contribution in [-0.4, -0.2) is 22.8 Å². The van der Waals surface area contributed by atoms with E-state index >= 15 is 0 Å². The second-order valence-electron chi connectivity index (χ2n) is 7.68. The lowest BCUT2D eigenvalue weighted by molar-refractivity contribution is -0.147. The highest BCUT2D eigenvalue weighted by Gasteiger charge is 2.61. The Morgan fingerprint density at radius 1 is 1.23 bits per heavy atom. The molecule has 3 saturated carbocycles. The molecule has 0 unspecified atom stereocenters. The van der Waals surface area contributed by atoms with Gasteiger partial charge in [0.25, 0.3) is 0 Å². The zero-order chi connectivity index (χ0) is 21.9. The topological polar surface area (TPSA) is 54.4 Å². The van der Waals surface area contributed by atoms with Gasteiger partial charge < -0.3 is 5.11 Å². The van der Waals surface area contributed by atoms with E-state index in [1.165, 1.54) is 0 Å². The number of fused-ring (bicyclic) bond motifs is 5. The molecule has 0 bridgehead atoms. The maximum absolute atomic E-state index is 12.8. The Bertz CT molecular complexity index is 851. The van der Waals surface area contributed by atoms with Gasteiger partial charge in [0, 0.05) is 26.4 Å². The molecule has 0 aromatic rings. The monoisotopic (exact) mass is 309 g/mol. The van der Waals surface area contributed by atoms with Gasteiger partial charge in [-0.2, -0.15) is 0 Å². The van der Waals surface area contributed by atoms with E-state index < -0.39 is 71.4 Å². The van der Waals surface area contributed by atoms with Gasteiger partial charge in [-0.1, -0.05) is 19.4 Å². The van der Waals surface area contributed by atoms with Crippen LogP contribution in [0.1, 0.15) is 68.2 Å². The number of hydrogen-bond acceptors (Lipinski definition) is 3. The van der Waals surface area contributed by atoms with Crippen LogP contribution in [0.2, 0.25) is 0 Å². The van der Waals surface area contributed by atoms with Gasteiger partial charge in [0.1, 0.15) is 5.78 Å². The normalized spacial score (nSPS) is 63.0. The summed E-state index contributed by atoms with van der Waals surface area (Å²) in [4.78, 5) is 25.2. The maximum Gasteiger partial charge on any atom is 0.155 e.